The second-order valence-corrected chi connectivity index (χ2v) is 4.20. The molecule has 1 rings (SSSR count). The van der Waals surface area contributed by atoms with Crippen molar-refractivity contribution in [3.05, 3.63) is 23.2 Å². The standard InChI is InChI=1S/C11H17ClN2O/c1-8(2)6-7-15-11-9(12)4-3-5-10(11)14-13/h3-5,8,14H,6-7,13H2,1-2H3. The molecular weight excluding hydrogens is 212 g/mol. The lowest BCUT2D eigenvalue weighted by Crippen LogP contribution is -2.10. The lowest BCUT2D eigenvalue weighted by atomic mass is 10.1. The van der Waals surface area contributed by atoms with Crippen LogP contribution in [0.3, 0.4) is 0 Å². The average Bonchev–Trinajstić information content (AvgIpc) is 2.20. The van der Waals surface area contributed by atoms with Crippen LogP contribution in [0.2, 0.25) is 5.02 Å². The highest BCUT2D eigenvalue weighted by Gasteiger charge is 2.07. The third-order valence-electron chi connectivity index (χ3n) is 2.06. The van der Waals surface area contributed by atoms with Gasteiger partial charge in [-0.3, -0.25) is 5.84 Å². The van der Waals surface area contributed by atoms with Gasteiger partial charge in [-0.2, -0.15) is 0 Å². The molecule has 0 heterocycles. The number of benzene rings is 1. The molecule has 0 fully saturated rings. The molecule has 1 aromatic carbocycles. The summed E-state index contributed by atoms with van der Waals surface area (Å²) >= 11 is 6.00. The molecule has 0 aliphatic heterocycles. The van der Waals surface area contributed by atoms with E-state index in [1.807, 2.05) is 12.1 Å². The first-order valence-electron chi connectivity index (χ1n) is 5.03. The molecule has 3 nitrogen and oxygen atoms in total. The van der Waals surface area contributed by atoms with Gasteiger partial charge in [0.15, 0.2) is 5.75 Å². The van der Waals surface area contributed by atoms with Crippen LogP contribution in [0.4, 0.5) is 5.69 Å². The number of halogens is 1. The van der Waals surface area contributed by atoms with E-state index < -0.39 is 0 Å². The molecule has 0 aliphatic carbocycles. The van der Waals surface area contributed by atoms with Gasteiger partial charge in [0, 0.05) is 0 Å². The molecule has 0 saturated heterocycles. The number of rotatable bonds is 5. The Balaban J connectivity index is 2.66. The highest BCUT2D eigenvalue weighted by Crippen LogP contribution is 2.32. The van der Waals surface area contributed by atoms with Crippen LogP contribution in [-0.4, -0.2) is 6.61 Å². The van der Waals surface area contributed by atoms with Crippen LogP contribution in [0.15, 0.2) is 18.2 Å². The van der Waals surface area contributed by atoms with Crippen LogP contribution in [0.25, 0.3) is 0 Å². The zero-order chi connectivity index (χ0) is 11.3. The number of hydrogen-bond donors (Lipinski definition) is 2. The number of nitrogens with one attached hydrogen (secondary N) is 1. The topological polar surface area (TPSA) is 47.3 Å². The van der Waals surface area contributed by atoms with Crippen LogP contribution in [-0.2, 0) is 0 Å². The van der Waals surface area contributed by atoms with Crippen molar-refractivity contribution in [1.29, 1.82) is 0 Å². The number of hydrogen-bond acceptors (Lipinski definition) is 3. The van der Waals surface area contributed by atoms with Crippen LogP contribution in [0.5, 0.6) is 5.75 Å². The fourth-order valence-corrected chi connectivity index (χ4v) is 1.39. The highest BCUT2D eigenvalue weighted by molar-refractivity contribution is 6.32. The Morgan fingerprint density at radius 2 is 2.20 bits per heavy atom. The van der Waals surface area contributed by atoms with Gasteiger partial charge in [0.1, 0.15) is 0 Å². The van der Waals surface area contributed by atoms with E-state index in [1.165, 1.54) is 0 Å². The number of ether oxygens (including phenoxy) is 1. The monoisotopic (exact) mass is 228 g/mol. The fraction of sp³-hybridized carbons (Fsp3) is 0.455. The van der Waals surface area contributed by atoms with E-state index in [0.29, 0.717) is 29.0 Å². The van der Waals surface area contributed by atoms with Gasteiger partial charge in [0.25, 0.3) is 0 Å². The quantitative estimate of drug-likeness (QED) is 0.602. The highest BCUT2D eigenvalue weighted by atomic mass is 35.5. The minimum absolute atomic E-state index is 0.578. The van der Waals surface area contributed by atoms with E-state index in [9.17, 15) is 0 Å². The summed E-state index contributed by atoms with van der Waals surface area (Å²) in [6, 6.07) is 5.44. The molecule has 84 valence electrons. The lowest BCUT2D eigenvalue weighted by Gasteiger charge is -2.13. The van der Waals surface area contributed by atoms with Gasteiger partial charge in [0.05, 0.1) is 17.3 Å². The Labute approximate surface area is 95.5 Å². The van der Waals surface area contributed by atoms with Crippen molar-refractivity contribution in [3.8, 4) is 5.75 Å². The zero-order valence-electron chi connectivity index (χ0n) is 9.09. The van der Waals surface area contributed by atoms with Crippen molar-refractivity contribution < 1.29 is 4.74 Å². The molecule has 0 atom stereocenters. The summed E-state index contributed by atoms with van der Waals surface area (Å²) in [5.74, 6) is 6.60. The van der Waals surface area contributed by atoms with E-state index in [0.717, 1.165) is 6.42 Å². The summed E-state index contributed by atoms with van der Waals surface area (Å²) < 4.78 is 5.60. The average molecular weight is 229 g/mol. The summed E-state index contributed by atoms with van der Waals surface area (Å²) in [7, 11) is 0. The van der Waals surface area contributed by atoms with E-state index in [2.05, 4.69) is 19.3 Å². The molecule has 4 heteroatoms. The second-order valence-electron chi connectivity index (χ2n) is 3.79. The molecule has 0 bridgehead atoms. The van der Waals surface area contributed by atoms with Crippen molar-refractivity contribution in [1.82, 2.24) is 0 Å². The largest absolute Gasteiger partial charge is 0.490 e. The van der Waals surface area contributed by atoms with E-state index >= 15 is 0 Å². The van der Waals surface area contributed by atoms with Crippen molar-refractivity contribution >= 4 is 17.3 Å². The van der Waals surface area contributed by atoms with E-state index in [-0.39, 0.29) is 0 Å². The molecule has 0 amide bonds. The molecular formula is C11H17ClN2O. The Hall–Kier alpha value is -0.930. The Morgan fingerprint density at radius 1 is 1.47 bits per heavy atom. The molecule has 3 N–H and O–H groups in total. The zero-order valence-corrected chi connectivity index (χ0v) is 9.84. The first kappa shape index (κ1) is 12.1. The molecule has 1 aromatic rings. The number of nitrogen functional groups attached to an aromatic ring is 1. The minimum Gasteiger partial charge on any atom is -0.490 e. The number of para-hydroxylation sites is 1. The van der Waals surface area contributed by atoms with Gasteiger partial charge in [-0.05, 0) is 24.5 Å². The molecule has 0 aromatic heterocycles. The second kappa shape index (κ2) is 5.83. The van der Waals surface area contributed by atoms with E-state index in [1.54, 1.807) is 6.07 Å². The normalized spacial score (nSPS) is 10.5. The first-order valence-corrected chi connectivity index (χ1v) is 5.41. The Bertz CT molecular complexity index is 315. The summed E-state index contributed by atoms with van der Waals surface area (Å²) in [4.78, 5) is 0. The van der Waals surface area contributed by atoms with E-state index in [4.69, 9.17) is 22.2 Å². The predicted octanol–water partition coefficient (Wildman–Crippen LogP) is 3.05. The molecule has 0 unspecified atom stereocenters. The SMILES string of the molecule is CC(C)CCOc1c(Cl)cccc1NN. The third kappa shape index (κ3) is 3.61. The summed E-state index contributed by atoms with van der Waals surface area (Å²) in [5, 5.41) is 0.578. The fourth-order valence-electron chi connectivity index (χ4n) is 1.17. The molecule has 15 heavy (non-hydrogen) atoms. The van der Waals surface area contributed by atoms with Crippen molar-refractivity contribution in [2.75, 3.05) is 12.0 Å². The molecule has 0 spiro atoms. The van der Waals surface area contributed by atoms with Gasteiger partial charge < -0.3 is 10.2 Å². The summed E-state index contributed by atoms with van der Waals surface area (Å²) in [5.41, 5.74) is 3.28. The van der Waals surface area contributed by atoms with Crippen LogP contribution < -0.4 is 16.0 Å². The maximum atomic E-state index is 6.00. The summed E-state index contributed by atoms with van der Waals surface area (Å²) in [6.45, 7) is 4.95. The van der Waals surface area contributed by atoms with Gasteiger partial charge >= 0.3 is 0 Å². The third-order valence-corrected chi connectivity index (χ3v) is 2.36. The van der Waals surface area contributed by atoms with Crippen LogP contribution >= 0.6 is 11.6 Å². The van der Waals surface area contributed by atoms with Crippen LogP contribution in [0.1, 0.15) is 20.3 Å². The Kier molecular flexibility index (Phi) is 4.72. The van der Waals surface area contributed by atoms with Gasteiger partial charge in [-0.15, -0.1) is 0 Å². The minimum atomic E-state index is 0.578. The Morgan fingerprint density at radius 3 is 2.80 bits per heavy atom. The van der Waals surface area contributed by atoms with Crippen molar-refractivity contribution in [2.24, 2.45) is 11.8 Å². The first-order chi connectivity index (χ1) is 7.15. The van der Waals surface area contributed by atoms with Crippen LogP contribution in [0, 0.1) is 5.92 Å². The maximum absolute atomic E-state index is 6.00. The maximum Gasteiger partial charge on any atom is 0.162 e. The number of anilines is 1. The van der Waals surface area contributed by atoms with Gasteiger partial charge in [-0.1, -0.05) is 31.5 Å². The van der Waals surface area contributed by atoms with Gasteiger partial charge in [0.2, 0.25) is 0 Å². The summed E-state index contributed by atoms with van der Waals surface area (Å²) in [6.07, 6.45) is 0.995. The molecule has 0 aliphatic rings. The molecule has 0 radical (unpaired) electrons. The molecule has 0 saturated carbocycles. The van der Waals surface area contributed by atoms with Crippen molar-refractivity contribution in [3.63, 3.8) is 0 Å². The smallest absolute Gasteiger partial charge is 0.162 e. The predicted molar refractivity (Wildman–Crippen MR) is 64.2 cm³/mol. The van der Waals surface area contributed by atoms with Crippen molar-refractivity contribution in [2.45, 2.75) is 20.3 Å². The lowest BCUT2D eigenvalue weighted by molar-refractivity contribution is 0.291. The number of hydrazine groups is 1. The van der Waals surface area contributed by atoms with Gasteiger partial charge in [-0.25, -0.2) is 0 Å². The number of nitrogens with two attached hydrogens (primary N) is 1.